The number of likely N-dealkylation sites (tertiary alicyclic amines) is 1. The van der Waals surface area contributed by atoms with E-state index < -0.39 is 5.97 Å². The lowest BCUT2D eigenvalue weighted by Gasteiger charge is -2.22. The maximum atomic E-state index is 11.0. The first-order valence-electron chi connectivity index (χ1n) is 5.96. The van der Waals surface area contributed by atoms with Gasteiger partial charge in [0, 0.05) is 24.5 Å². The summed E-state index contributed by atoms with van der Waals surface area (Å²) in [6.07, 6.45) is 2.62. The van der Waals surface area contributed by atoms with Crippen LogP contribution in [0.15, 0.2) is 18.3 Å². The number of rotatable bonds is 3. The molecule has 1 aromatic heterocycles. The second-order valence-corrected chi connectivity index (χ2v) is 4.75. The Labute approximate surface area is 101 Å². The predicted molar refractivity (Wildman–Crippen MR) is 64.6 cm³/mol. The third-order valence-corrected chi connectivity index (χ3v) is 3.56. The normalized spacial score (nSPS) is 25.1. The lowest BCUT2D eigenvalue weighted by molar-refractivity contribution is -0.142. The number of carbonyl (C=O) groups is 1. The molecule has 0 radical (unpaired) electrons. The fraction of sp³-hybridized carbons (Fsp3) is 0.538. The fourth-order valence-corrected chi connectivity index (χ4v) is 2.38. The van der Waals surface area contributed by atoms with E-state index >= 15 is 0 Å². The van der Waals surface area contributed by atoms with E-state index in [1.54, 1.807) is 0 Å². The molecule has 1 N–H and O–H groups in total. The largest absolute Gasteiger partial charge is 0.481 e. The summed E-state index contributed by atoms with van der Waals surface area (Å²) in [7, 11) is 0. The minimum absolute atomic E-state index is 0.105. The summed E-state index contributed by atoms with van der Waals surface area (Å²) >= 11 is 0. The van der Waals surface area contributed by atoms with Gasteiger partial charge in [-0.2, -0.15) is 0 Å². The minimum atomic E-state index is -0.679. The Morgan fingerprint density at radius 2 is 2.35 bits per heavy atom. The fourth-order valence-electron chi connectivity index (χ4n) is 2.38. The molecule has 17 heavy (non-hydrogen) atoms. The highest BCUT2D eigenvalue weighted by molar-refractivity contribution is 5.71. The average molecular weight is 234 g/mol. The van der Waals surface area contributed by atoms with Gasteiger partial charge in [0.05, 0.1) is 5.92 Å². The third-order valence-electron chi connectivity index (χ3n) is 3.56. The Morgan fingerprint density at radius 1 is 1.59 bits per heavy atom. The van der Waals surface area contributed by atoms with E-state index in [0.717, 1.165) is 30.8 Å². The Kier molecular flexibility index (Phi) is 3.43. The van der Waals surface area contributed by atoms with Gasteiger partial charge in [0.25, 0.3) is 0 Å². The average Bonchev–Trinajstić information content (AvgIpc) is 2.64. The van der Waals surface area contributed by atoms with Gasteiger partial charge in [0.1, 0.15) is 0 Å². The molecule has 0 bridgehead atoms. The van der Waals surface area contributed by atoms with Crippen LogP contribution < -0.4 is 0 Å². The smallest absolute Gasteiger partial charge is 0.308 e. The van der Waals surface area contributed by atoms with Crippen LogP contribution in [0.2, 0.25) is 0 Å². The summed E-state index contributed by atoms with van der Waals surface area (Å²) in [5.41, 5.74) is 2.15. The summed E-state index contributed by atoms with van der Waals surface area (Å²) in [6.45, 7) is 5.60. The molecular formula is C13H18N2O2. The van der Waals surface area contributed by atoms with Crippen LogP contribution in [-0.2, 0) is 11.3 Å². The highest BCUT2D eigenvalue weighted by atomic mass is 16.4. The number of nitrogens with zero attached hydrogens (tertiary/aromatic N) is 2. The minimum Gasteiger partial charge on any atom is -0.481 e. The van der Waals surface area contributed by atoms with Crippen LogP contribution in [0.4, 0.5) is 0 Å². The number of aliphatic carboxylic acids is 1. The Morgan fingerprint density at radius 3 is 2.88 bits per heavy atom. The molecule has 2 atom stereocenters. The van der Waals surface area contributed by atoms with E-state index in [1.165, 1.54) is 0 Å². The van der Waals surface area contributed by atoms with E-state index in [0.29, 0.717) is 0 Å². The predicted octanol–water partition coefficient (Wildman–Crippen LogP) is 1.69. The summed E-state index contributed by atoms with van der Waals surface area (Å²) < 4.78 is 0. The summed E-state index contributed by atoms with van der Waals surface area (Å²) in [4.78, 5) is 17.5. The summed E-state index contributed by atoms with van der Waals surface area (Å²) in [5.74, 6) is -0.907. The van der Waals surface area contributed by atoms with Crippen LogP contribution in [-0.4, -0.2) is 33.5 Å². The second kappa shape index (κ2) is 4.84. The molecule has 0 saturated carbocycles. The van der Waals surface area contributed by atoms with Gasteiger partial charge in [-0.05, 0) is 38.4 Å². The zero-order chi connectivity index (χ0) is 12.4. The van der Waals surface area contributed by atoms with Crippen molar-refractivity contribution in [2.24, 2.45) is 5.92 Å². The maximum absolute atomic E-state index is 11.0. The first-order chi connectivity index (χ1) is 8.08. The molecular weight excluding hydrogens is 216 g/mol. The molecule has 4 heteroatoms. The van der Waals surface area contributed by atoms with Gasteiger partial charge in [-0.1, -0.05) is 6.07 Å². The van der Waals surface area contributed by atoms with Gasteiger partial charge in [0.15, 0.2) is 0 Å². The molecule has 1 aromatic rings. The molecule has 4 nitrogen and oxygen atoms in total. The molecule has 1 aliphatic heterocycles. The monoisotopic (exact) mass is 234 g/mol. The van der Waals surface area contributed by atoms with Crippen LogP contribution in [0.25, 0.3) is 0 Å². The zero-order valence-electron chi connectivity index (χ0n) is 10.3. The molecule has 1 fully saturated rings. The van der Waals surface area contributed by atoms with Gasteiger partial charge in [-0.25, -0.2) is 0 Å². The Hall–Kier alpha value is -1.42. The molecule has 0 aliphatic carbocycles. The lowest BCUT2D eigenvalue weighted by atomic mass is 10.0. The van der Waals surface area contributed by atoms with Gasteiger partial charge in [0.2, 0.25) is 0 Å². The number of aryl methyl sites for hydroxylation is 1. The van der Waals surface area contributed by atoms with E-state index in [4.69, 9.17) is 5.11 Å². The second-order valence-electron chi connectivity index (χ2n) is 4.75. The number of hydrogen-bond donors (Lipinski definition) is 1. The van der Waals surface area contributed by atoms with Crippen molar-refractivity contribution < 1.29 is 9.90 Å². The quantitative estimate of drug-likeness (QED) is 0.864. The van der Waals surface area contributed by atoms with E-state index in [1.807, 2.05) is 26.1 Å². The van der Waals surface area contributed by atoms with Crippen LogP contribution in [0.3, 0.4) is 0 Å². The molecule has 1 saturated heterocycles. The van der Waals surface area contributed by atoms with Crippen molar-refractivity contribution in [2.75, 3.05) is 6.54 Å². The molecule has 2 heterocycles. The SMILES string of the molecule is Cc1ccc(CN2CCC(C(=O)O)C2C)cn1. The molecule has 0 spiro atoms. The van der Waals surface area contributed by atoms with Crippen molar-refractivity contribution in [3.8, 4) is 0 Å². The molecule has 92 valence electrons. The third kappa shape index (κ3) is 2.64. The van der Waals surface area contributed by atoms with Gasteiger partial charge in [-0.15, -0.1) is 0 Å². The number of hydrogen-bond acceptors (Lipinski definition) is 3. The van der Waals surface area contributed by atoms with Gasteiger partial charge >= 0.3 is 5.97 Å². The van der Waals surface area contributed by atoms with Crippen molar-refractivity contribution in [1.29, 1.82) is 0 Å². The number of carboxylic acids is 1. The number of aromatic nitrogens is 1. The maximum Gasteiger partial charge on any atom is 0.308 e. The Balaban J connectivity index is 2.01. The van der Waals surface area contributed by atoms with Crippen LogP contribution in [0.5, 0.6) is 0 Å². The van der Waals surface area contributed by atoms with Crippen LogP contribution >= 0.6 is 0 Å². The van der Waals surface area contributed by atoms with Gasteiger partial charge in [-0.3, -0.25) is 14.7 Å². The number of carboxylic acid groups (broad SMARTS) is 1. The van der Waals surface area contributed by atoms with Crippen molar-refractivity contribution in [3.05, 3.63) is 29.6 Å². The van der Waals surface area contributed by atoms with Gasteiger partial charge < -0.3 is 5.11 Å². The topological polar surface area (TPSA) is 53.4 Å². The molecule has 0 amide bonds. The summed E-state index contributed by atoms with van der Waals surface area (Å²) in [6, 6.07) is 4.15. The van der Waals surface area contributed by atoms with Crippen molar-refractivity contribution >= 4 is 5.97 Å². The van der Waals surface area contributed by atoms with Crippen molar-refractivity contribution in [3.63, 3.8) is 0 Å². The van der Waals surface area contributed by atoms with Crippen molar-refractivity contribution in [1.82, 2.24) is 9.88 Å². The lowest BCUT2D eigenvalue weighted by Crippen LogP contribution is -2.32. The molecule has 2 rings (SSSR count). The zero-order valence-corrected chi connectivity index (χ0v) is 10.3. The highest BCUT2D eigenvalue weighted by Gasteiger charge is 2.35. The molecule has 2 unspecified atom stereocenters. The first kappa shape index (κ1) is 12.0. The molecule has 0 aromatic carbocycles. The highest BCUT2D eigenvalue weighted by Crippen LogP contribution is 2.25. The standard InChI is InChI=1S/C13H18N2O2/c1-9-3-4-11(7-14-9)8-15-6-5-12(10(15)2)13(16)17/h3-4,7,10,12H,5-6,8H2,1-2H3,(H,16,17). The van der Waals surface area contributed by atoms with Crippen molar-refractivity contribution in [2.45, 2.75) is 32.9 Å². The Bertz CT molecular complexity index is 402. The van der Waals surface area contributed by atoms with E-state index in [2.05, 4.69) is 16.0 Å². The van der Waals surface area contributed by atoms with E-state index in [9.17, 15) is 4.79 Å². The summed E-state index contributed by atoms with van der Waals surface area (Å²) in [5, 5.41) is 9.06. The molecule has 1 aliphatic rings. The van der Waals surface area contributed by atoms with Crippen LogP contribution in [0, 0.1) is 12.8 Å². The van der Waals surface area contributed by atoms with Crippen LogP contribution in [0.1, 0.15) is 24.6 Å². The van der Waals surface area contributed by atoms with E-state index in [-0.39, 0.29) is 12.0 Å². The first-order valence-corrected chi connectivity index (χ1v) is 5.96. The number of pyridine rings is 1.